The second-order valence-corrected chi connectivity index (χ2v) is 10.7. The molecule has 1 saturated heterocycles. The van der Waals surface area contributed by atoms with Crippen molar-refractivity contribution in [1.29, 1.82) is 0 Å². The Morgan fingerprint density at radius 3 is 2.46 bits per heavy atom. The molecule has 1 atom stereocenters. The number of aromatic nitrogens is 2. The molecular formula is C30H33N3O7S. The highest BCUT2D eigenvalue weighted by Crippen LogP contribution is 2.45. The maximum absolute atomic E-state index is 13.5. The van der Waals surface area contributed by atoms with Gasteiger partial charge in [-0.2, -0.15) is 0 Å². The minimum atomic E-state index is -1.06. The fraction of sp³-hybridized carbons (Fsp3) is 0.367. The van der Waals surface area contributed by atoms with Gasteiger partial charge in [0.25, 0.3) is 5.78 Å². The average Bonchev–Trinajstić information content (AvgIpc) is 3.46. The quantitative estimate of drug-likeness (QED) is 0.136. The monoisotopic (exact) mass is 579 g/mol. The van der Waals surface area contributed by atoms with Gasteiger partial charge in [-0.15, -0.1) is 0 Å². The van der Waals surface area contributed by atoms with E-state index < -0.39 is 23.7 Å². The number of carbonyl (C=O) groups excluding carboxylic acids is 3. The minimum absolute atomic E-state index is 0.123. The first-order chi connectivity index (χ1) is 19.7. The number of pyridine rings is 1. The smallest absolute Gasteiger partial charge is 0.350 e. The Labute approximate surface area is 242 Å². The molecule has 216 valence electrons. The number of ether oxygens (including phenoxy) is 3. The number of hydrogen-bond acceptors (Lipinski definition) is 10. The Bertz CT molecular complexity index is 1470. The molecule has 0 radical (unpaired) electrons. The highest BCUT2D eigenvalue weighted by Gasteiger charge is 2.48. The third-order valence-corrected chi connectivity index (χ3v) is 7.52. The van der Waals surface area contributed by atoms with E-state index in [2.05, 4.69) is 23.8 Å². The molecule has 11 heteroatoms. The minimum Gasteiger partial charge on any atom is -0.507 e. The molecule has 2 aromatic heterocycles. The molecule has 1 amide bonds. The Morgan fingerprint density at radius 2 is 1.80 bits per heavy atom. The van der Waals surface area contributed by atoms with E-state index in [0.717, 1.165) is 17.8 Å². The van der Waals surface area contributed by atoms with Crippen LogP contribution in [0.4, 0.5) is 5.13 Å². The summed E-state index contributed by atoms with van der Waals surface area (Å²) >= 11 is 0.947. The zero-order chi connectivity index (χ0) is 29.7. The third-order valence-electron chi connectivity index (χ3n) is 6.39. The SMILES string of the molecule is CCOC(=O)c1sc(N2C(=O)C(=O)/C(=C(/O)c3ccncc3)C2c2ccc(OCCC(C)C)c(OCC)c2)nc1C. The van der Waals surface area contributed by atoms with Crippen molar-refractivity contribution in [2.75, 3.05) is 24.7 Å². The van der Waals surface area contributed by atoms with Crippen molar-refractivity contribution in [3.05, 3.63) is 70.0 Å². The largest absolute Gasteiger partial charge is 0.507 e. The first-order valence-corrected chi connectivity index (χ1v) is 14.2. The van der Waals surface area contributed by atoms with E-state index in [-0.39, 0.29) is 27.9 Å². The number of rotatable bonds is 11. The Morgan fingerprint density at radius 1 is 1.07 bits per heavy atom. The van der Waals surface area contributed by atoms with E-state index >= 15 is 0 Å². The molecule has 10 nitrogen and oxygen atoms in total. The summed E-state index contributed by atoms with van der Waals surface area (Å²) in [6, 6.07) is 7.18. The summed E-state index contributed by atoms with van der Waals surface area (Å²) in [5, 5.41) is 11.4. The number of aliphatic hydroxyl groups excluding tert-OH is 1. The van der Waals surface area contributed by atoms with Gasteiger partial charge in [0.05, 0.1) is 37.1 Å². The topological polar surface area (TPSA) is 128 Å². The van der Waals surface area contributed by atoms with Crippen molar-refractivity contribution in [3.63, 3.8) is 0 Å². The van der Waals surface area contributed by atoms with Gasteiger partial charge in [0, 0.05) is 18.0 Å². The number of benzene rings is 1. The molecular weight excluding hydrogens is 546 g/mol. The standard InChI is InChI=1S/C30H33N3O7S/c1-6-38-22-16-20(8-9-21(22)40-15-12-17(3)4)24-23(25(34)19-10-13-31-14-11-19)26(35)28(36)33(24)30-32-18(5)27(41-30)29(37)39-7-2/h8-11,13-14,16-17,24,34H,6-7,12,15H2,1-5H3/b25-23+. The van der Waals surface area contributed by atoms with E-state index in [1.807, 2.05) is 6.92 Å². The molecule has 0 saturated carbocycles. The fourth-order valence-corrected chi connectivity index (χ4v) is 5.36. The van der Waals surface area contributed by atoms with Crippen LogP contribution in [0.15, 0.2) is 48.3 Å². The number of ketones is 1. The van der Waals surface area contributed by atoms with Gasteiger partial charge in [0.2, 0.25) is 0 Å². The van der Waals surface area contributed by atoms with Crippen LogP contribution in [-0.2, 0) is 14.3 Å². The number of Topliss-reactive ketones (excluding diaryl/α,β-unsaturated/α-hetero) is 1. The van der Waals surface area contributed by atoms with Crippen LogP contribution < -0.4 is 14.4 Å². The summed E-state index contributed by atoms with van der Waals surface area (Å²) < 4.78 is 17.0. The Balaban J connectivity index is 1.88. The Hall–Kier alpha value is -4.25. The van der Waals surface area contributed by atoms with Crippen LogP contribution in [0.1, 0.15) is 66.7 Å². The predicted octanol–water partition coefficient (Wildman–Crippen LogP) is 5.47. The number of thiazole rings is 1. The van der Waals surface area contributed by atoms with Gasteiger partial charge in [0.15, 0.2) is 16.6 Å². The maximum Gasteiger partial charge on any atom is 0.350 e. The lowest BCUT2D eigenvalue weighted by molar-refractivity contribution is -0.132. The molecule has 0 bridgehead atoms. The summed E-state index contributed by atoms with van der Waals surface area (Å²) in [5.41, 5.74) is 1.05. The van der Waals surface area contributed by atoms with Gasteiger partial charge in [-0.3, -0.25) is 19.5 Å². The van der Waals surface area contributed by atoms with E-state index in [9.17, 15) is 19.5 Å². The van der Waals surface area contributed by atoms with Crippen LogP contribution in [-0.4, -0.2) is 52.6 Å². The zero-order valence-corrected chi connectivity index (χ0v) is 24.5. The summed E-state index contributed by atoms with van der Waals surface area (Å²) in [7, 11) is 0. The average molecular weight is 580 g/mol. The van der Waals surface area contributed by atoms with Crippen LogP contribution in [0.2, 0.25) is 0 Å². The molecule has 4 rings (SSSR count). The first-order valence-electron chi connectivity index (χ1n) is 13.4. The maximum atomic E-state index is 13.5. The Kier molecular flexibility index (Phi) is 9.38. The van der Waals surface area contributed by atoms with Gasteiger partial charge in [0.1, 0.15) is 10.6 Å². The number of aryl methyl sites for hydroxylation is 1. The van der Waals surface area contributed by atoms with Crippen molar-refractivity contribution in [3.8, 4) is 11.5 Å². The van der Waals surface area contributed by atoms with Crippen LogP contribution in [0.3, 0.4) is 0 Å². The predicted molar refractivity (Wildman–Crippen MR) is 154 cm³/mol. The second kappa shape index (κ2) is 12.9. The molecule has 41 heavy (non-hydrogen) atoms. The summed E-state index contributed by atoms with van der Waals surface area (Å²) in [5.74, 6) is -1.27. The van der Waals surface area contributed by atoms with E-state index in [1.54, 1.807) is 44.2 Å². The van der Waals surface area contributed by atoms with Crippen LogP contribution in [0, 0.1) is 12.8 Å². The zero-order valence-electron chi connectivity index (χ0n) is 23.7. The molecule has 1 N–H and O–H groups in total. The van der Waals surface area contributed by atoms with Crippen molar-refractivity contribution in [1.82, 2.24) is 9.97 Å². The first kappa shape index (κ1) is 29.7. The van der Waals surface area contributed by atoms with Gasteiger partial charge >= 0.3 is 11.9 Å². The molecule has 1 aliphatic rings. The molecule has 1 aromatic carbocycles. The molecule has 3 heterocycles. The molecule has 1 aliphatic heterocycles. The normalized spacial score (nSPS) is 16.3. The van der Waals surface area contributed by atoms with Crippen LogP contribution in [0.5, 0.6) is 11.5 Å². The molecule has 0 spiro atoms. The van der Waals surface area contributed by atoms with Gasteiger partial charge in [-0.1, -0.05) is 31.3 Å². The lowest BCUT2D eigenvalue weighted by Gasteiger charge is -2.24. The van der Waals surface area contributed by atoms with Crippen molar-refractivity contribution in [2.45, 2.75) is 47.1 Å². The van der Waals surface area contributed by atoms with Crippen LogP contribution >= 0.6 is 11.3 Å². The number of aliphatic hydroxyl groups is 1. The van der Waals surface area contributed by atoms with E-state index in [4.69, 9.17) is 14.2 Å². The lowest BCUT2D eigenvalue weighted by Crippen LogP contribution is -2.29. The van der Waals surface area contributed by atoms with E-state index in [0.29, 0.717) is 47.5 Å². The number of hydrogen-bond donors (Lipinski definition) is 1. The number of anilines is 1. The van der Waals surface area contributed by atoms with E-state index in [1.165, 1.54) is 17.3 Å². The fourth-order valence-electron chi connectivity index (χ4n) is 4.37. The van der Waals surface area contributed by atoms with Gasteiger partial charge in [-0.05, 0) is 62.9 Å². The summed E-state index contributed by atoms with van der Waals surface area (Å²) in [6.45, 7) is 10.4. The lowest BCUT2D eigenvalue weighted by atomic mass is 9.95. The summed E-state index contributed by atoms with van der Waals surface area (Å²) in [6.07, 6.45) is 3.81. The molecule has 1 fully saturated rings. The summed E-state index contributed by atoms with van der Waals surface area (Å²) in [4.78, 5) is 49.4. The highest BCUT2D eigenvalue weighted by atomic mass is 32.1. The number of nitrogens with zero attached hydrogens (tertiary/aromatic N) is 3. The number of amides is 1. The molecule has 1 unspecified atom stereocenters. The molecule has 3 aromatic rings. The molecule has 0 aliphatic carbocycles. The highest BCUT2D eigenvalue weighted by molar-refractivity contribution is 7.17. The van der Waals surface area contributed by atoms with Gasteiger partial charge in [-0.25, -0.2) is 9.78 Å². The van der Waals surface area contributed by atoms with Gasteiger partial charge < -0.3 is 19.3 Å². The van der Waals surface area contributed by atoms with Crippen LogP contribution in [0.25, 0.3) is 5.76 Å². The number of esters is 1. The van der Waals surface area contributed by atoms with Crippen molar-refractivity contribution < 1.29 is 33.7 Å². The van der Waals surface area contributed by atoms with Crippen molar-refractivity contribution >= 4 is 39.9 Å². The van der Waals surface area contributed by atoms with Crippen molar-refractivity contribution in [2.24, 2.45) is 5.92 Å². The number of carbonyl (C=O) groups is 3. The second-order valence-electron chi connectivity index (χ2n) is 9.71. The third kappa shape index (κ3) is 6.25.